The van der Waals surface area contributed by atoms with Gasteiger partial charge in [0.2, 0.25) is 5.91 Å². The first-order chi connectivity index (χ1) is 11.2. The van der Waals surface area contributed by atoms with Gasteiger partial charge < -0.3 is 9.64 Å². The molecule has 0 saturated carbocycles. The Labute approximate surface area is 141 Å². The van der Waals surface area contributed by atoms with Crippen LogP contribution in [0.3, 0.4) is 0 Å². The van der Waals surface area contributed by atoms with Gasteiger partial charge >= 0.3 is 0 Å². The summed E-state index contributed by atoms with van der Waals surface area (Å²) in [5, 5.41) is 3.07. The number of carbonyl (C=O) groups is 1. The Kier molecular flexibility index (Phi) is 5.08. The highest BCUT2D eigenvalue weighted by Gasteiger charge is 2.23. The van der Waals surface area contributed by atoms with Gasteiger partial charge in [0.15, 0.2) is 0 Å². The fourth-order valence-corrected chi connectivity index (χ4v) is 3.61. The lowest BCUT2D eigenvalue weighted by Gasteiger charge is -2.29. The number of fused-ring (bicyclic) bond motifs is 1. The lowest BCUT2D eigenvalue weighted by Crippen LogP contribution is -2.34. The summed E-state index contributed by atoms with van der Waals surface area (Å²) in [6.45, 7) is 3.38. The summed E-state index contributed by atoms with van der Waals surface area (Å²) in [6, 6.07) is 8.34. The Morgan fingerprint density at radius 1 is 1.43 bits per heavy atom. The van der Waals surface area contributed by atoms with Crippen LogP contribution >= 0.6 is 11.3 Å². The van der Waals surface area contributed by atoms with E-state index < -0.39 is 0 Å². The summed E-state index contributed by atoms with van der Waals surface area (Å²) < 4.78 is 5.89. The first-order valence-electron chi connectivity index (χ1n) is 8.04. The van der Waals surface area contributed by atoms with Gasteiger partial charge in [0.25, 0.3) is 0 Å². The van der Waals surface area contributed by atoms with Crippen LogP contribution in [0.25, 0.3) is 0 Å². The zero-order valence-corrected chi connectivity index (χ0v) is 14.4. The molecule has 3 rings (SSSR count). The maximum absolute atomic E-state index is 12.4. The maximum Gasteiger partial charge on any atom is 0.228 e. The van der Waals surface area contributed by atoms with E-state index in [2.05, 4.69) is 30.1 Å². The van der Waals surface area contributed by atoms with Crippen LogP contribution in [0.4, 0.5) is 0 Å². The zero-order valence-electron chi connectivity index (χ0n) is 13.6. The molecular weight excluding hydrogens is 308 g/mol. The van der Waals surface area contributed by atoms with E-state index in [9.17, 15) is 4.79 Å². The van der Waals surface area contributed by atoms with Gasteiger partial charge in [0.1, 0.15) is 6.10 Å². The number of hydrogen-bond acceptors (Lipinski definition) is 4. The highest BCUT2D eigenvalue weighted by atomic mass is 32.1. The summed E-state index contributed by atoms with van der Waals surface area (Å²) >= 11 is 1.62. The number of amides is 1. The van der Waals surface area contributed by atoms with Crippen molar-refractivity contribution >= 4 is 17.2 Å². The molecule has 1 amide bonds. The molecule has 1 unspecified atom stereocenters. The van der Waals surface area contributed by atoms with Gasteiger partial charge in [-0.2, -0.15) is 0 Å². The molecule has 4 nitrogen and oxygen atoms in total. The molecule has 1 aromatic carbocycles. The number of carbonyl (C=O) groups excluding carboxylic acids is 1. The molecule has 0 bridgehead atoms. The van der Waals surface area contributed by atoms with E-state index in [0.717, 1.165) is 30.2 Å². The van der Waals surface area contributed by atoms with Crippen molar-refractivity contribution in [1.82, 2.24) is 9.88 Å². The van der Waals surface area contributed by atoms with Crippen LogP contribution in [0.15, 0.2) is 29.6 Å². The van der Waals surface area contributed by atoms with Crippen LogP contribution in [-0.2, 0) is 28.8 Å². The van der Waals surface area contributed by atoms with E-state index in [1.807, 2.05) is 18.5 Å². The lowest BCUT2D eigenvalue weighted by molar-refractivity contribution is -0.131. The van der Waals surface area contributed by atoms with Crippen molar-refractivity contribution in [1.29, 1.82) is 0 Å². The van der Waals surface area contributed by atoms with E-state index in [4.69, 9.17) is 4.74 Å². The lowest BCUT2D eigenvalue weighted by atomic mass is 9.97. The summed E-state index contributed by atoms with van der Waals surface area (Å²) in [5.41, 5.74) is 3.41. The Morgan fingerprint density at radius 2 is 2.26 bits per heavy atom. The number of hydrogen-bond donors (Lipinski definition) is 0. The molecular formula is C18H22N2O2S. The Balaban J connectivity index is 1.63. The largest absolute Gasteiger partial charge is 0.371 e. The van der Waals surface area contributed by atoms with Crippen LogP contribution in [0.1, 0.15) is 34.9 Å². The topological polar surface area (TPSA) is 42.4 Å². The van der Waals surface area contributed by atoms with Crippen molar-refractivity contribution in [3.8, 4) is 0 Å². The average Bonchev–Trinajstić information content (AvgIpc) is 3.02. The molecule has 2 aromatic rings. The zero-order chi connectivity index (χ0) is 16.2. The number of aryl methyl sites for hydroxylation is 1. The van der Waals surface area contributed by atoms with Crippen molar-refractivity contribution in [3.05, 3.63) is 51.5 Å². The minimum atomic E-state index is -0.0319. The highest BCUT2D eigenvalue weighted by Crippen LogP contribution is 2.27. The van der Waals surface area contributed by atoms with Crippen molar-refractivity contribution in [2.24, 2.45) is 0 Å². The van der Waals surface area contributed by atoms with E-state index in [-0.39, 0.29) is 12.0 Å². The highest BCUT2D eigenvalue weighted by molar-refractivity contribution is 7.09. The van der Waals surface area contributed by atoms with Crippen molar-refractivity contribution in [3.63, 3.8) is 0 Å². The standard InChI is InChI=1S/C18H22N2O2S/c1-3-17-19-14(12-23-17)10-18(21)20(2)11-16-15-7-5-4-6-13(15)8-9-22-16/h4-7,12,16H,3,8-11H2,1-2H3. The van der Waals surface area contributed by atoms with E-state index in [1.165, 1.54) is 11.1 Å². The predicted octanol–water partition coefficient (Wildman–Crippen LogP) is 3.02. The second-order valence-electron chi connectivity index (χ2n) is 5.85. The quantitative estimate of drug-likeness (QED) is 0.846. The predicted molar refractivity (Wildman–Crippen MR) is 91.7 cm³/mol. The van der Waals surface area contributed by atoms with Crippen LogP contribution in [0.2, 0.25) is 0 Å². The van der Waals surface area contributed by atoms with Crippen LogP contribution in [0.5, 0.6) is 0 Å². The first-order valence-corrected chi connectivity index (χ1v) is 8.92. The Bertz CT molecular complexity index is 683. The first kappa shape index (κ1) is 16.1. The molecule has 23 heavy (non-hydrogen) atoms. The monoisotopic (exact) mass is 330 g/mol. The normalized spacial score (nSPS) is 16.9. The second-order valence-corrected chi connectivity index (χ2v) is 6.79. The molecule has 1 aliphatic heterocycles. The van der Waals surface area contributed by atoms with Gasteiger partial charge in [0, 0.05) is 12.4 Å². The third-order valence-electron chi connectivity index (χ3n) is 4.19. The van der Waals surface area contributed by atoms with Gasteiger partial charge in [-0.15, -0.1) is 11.3 Å². The number of ether oxygens (including phenoxy) is 1. The van der Waals surface area contributed by atoms with E-state index >= 15 is 0 Å². The number of nitrogens with zero attached hydrogens (tertiary/aromatic N) is 2. The summed E-state index contributed by atoms with van der Waals surface area (Å²) in [4.78, 5) is 18.7. The number of aromatic nitrogens is 1. The van der Waals surface area contributed by atoms with Crippen molar-refractivity contribution in [2.75, 3.05) is 20.2 Å². The number of likely N-dealkylation sites (N-methyl/N-ethyl adjacent to an activating group) is 1. The smallest absolute Gasteiger partial charge is 0.228 e. The number of rotatable bonds is 5. The third kappa shape index (κ3) is 3.79. The van der Waals surface area contributed by atoms with Gasteiger partial charge in [0.05, 0.1) is 30.3 Å². The SMILES string of the molecule is CCc1nc(CC(=O)N(C)CC2OCCc3ccccc32)cs1. The van der Waals surface area contributed by atoms with Gasteiger partial charge in [-0.25, -0.2) is 4.98 Å². The molecule has 1 aromatic heterocycles. The van der Waals surface area contributed by atoms with Gasteiger partial charge in [-0.1, -0.05) is 31.2 Å². The van der Waals surface area contributed by atoms with Gasteiger partial charge in [-0.05, 0) is 24.0 Å². The average molecular weight is 330 g/mol. The number of thiazole rings is 1. The maximum atomic E-state index is 12.4. The van der Waals surface area contributed by atoms with E-state index in [1.54, 1.807) is 16.2 Å². The summed E-state index contributed by atoms with van der Waals surface area (Å²) in [5.74, 6) is 0.0876. The van der Waals surface area contributed by atoms with Crippen molar-refractivity contribution in [2.45, 2.75) is 32.3 Å². The molecule has 1 aliphatic rings. The van der Waals surface area contributed by atoms with Crippen molar-refractivity contribution < 1.29 is 9.53 Å². The molecule has 122 valence electrons. The molecule has 0 spiro atoms. The van der Waals surface area contributed by atoms with Crippen LogP contribution < -0.4 is 0 Å². The Morgan fingerprint density at radius 3 is 3.04 bits per heavy atom. The minimum Gasteiger partial charge on any atom is -0.371 e. The fourth-order valence-electron chi connectivity index (χ4n) is 2.86. The molecule has 0 fully saturated rings. The molecule has 1 atom stereocenters. The summed E-state index contributed by atoms with van der Waals surface area (Å²) in [7, 11) is 1.84. The molecule has 2 heterocycles. The molecule has 5 heteroatoms. The third-order valence-corrected chi connectivity index (χ3v) is 5.23. The van der Waals surface area contributed by atoms with Crippen LogP contribution in [-0.4, -0.2) is 36.0 Å². The Hall–Kier alpha value is -1.72. The van der Waals surface area contributed by atoms with Crippen LogP contribution in [0, 0.1) is 0 Å². The molecule has 0 saturated heterocycles. The number of benzene rings is 1. The second kappa shape index (κ2) is 7.23. The summed E-state index contributed by atoms with van der Waals surface area (Å²) in [6.07, 6.45) is 2.20. The fraction of sp³-hybridized carbons (Fsp3) is 0.444. The molecule has 0 N–H and O–H groups in total. The van der Waals surface area contributed by atoms with Gasteiger partial charge in [-0.3, -0.25) is 4.79 Å². The molecule has 0 aliphatic carbocycles. The van der Waals surface area contributed by atoms with E-state index in [0.29, 0.717) is 13.0 Å². The minimum absolute atomic E-state index is 0.0319. The molecule has 0 radical (unpaired) electrons.